The van der Waals surface area contributed by atoms with E-state index in [0.29, 0.717) is 0 Å². The highest BCUT2D eigenvalue weighted by atomic mass is 28.4. The van der Waals surface area contributed by atoms with Crippen molar-refractivity contribution in [3.63, 3.8) is 0 Å². The van der Waals surface area contributed by atoms with E-state index in [-0.39, 0.29) is 5.04 Å². The van der Waals surface area contributed by atoms with Crippen molar-refractivity contribution in [1.29, 1.82) is 0 Å². The molecule has 114 valence electrons. The van der Waals surface area contributed by atoms with Gasteiger partial charge in [-0.05, 0) is 25.1 Å². The van der Waals surface area contributed by atoms with Gasteiger partial charge in [0, 0.05) is 7.11 Å². The van der Waals surface area contributed by atoms with Crippen LogP contribution in [-0.2, 0) is 13.9 Å². The van der Waals surface area contributed by atoms with Crippen LogP contribution >= 0.6 is 0 Å². The van der Waals surface area contributed by atoms with Crippen LogP contribution in [0.1, 0.15) is 27.7 Å². The molecule has 1 fully saturated rings. The molecule has 1 saturated heterocycles. The maximum Gasteiger partial charge on any atom is 0.192 e. The Morgan fingerprint density at radius 3 is 2.16 bits per heavy atom. The molecule has 0 unspecified atom stereocenters. The van der Waals surface area contributed by atoms with Crippen molar-refractivity contribution < 1.29 is 23.4 Å². The lowest BCUT2D eigenvalue weighted by Crippen LogP contribution is -2.60. The van der Waals surface area contributed by atoms with E-state index in [1.165, 1.54) is 7.11 Å². The van der Waals surface area contributed by atoms with Crippen LogP contribution in [0.5, 0.6) is 0 Å². The van der Waals surface area contributed by atoms with Crippen LogP contribution in [0.2, 0.25) is 18.1 Å². The fourth-order valence-electron chi connectivity index (χ4n) is 1.96. The number of halogens is 1. The summed E-state index contributed by atoms with van der Waals surface area (Å²) >= 11 is 0. The molecule has 0 amide bonds. The minimum atomic E-state index is -2.14. The molecule has 19 heavy (non-hydrogen) atoms. The van der Waals surface area contributed by atoms with E-state index < -0.39 is 39.1 Å². The number of aliphatic hydroxyl groups excluding tert-OH is 1. The smallest absolute Gasteiger partial charge is 0.192 e. The van der Waals surface area contributed by atoms with Crippen LogP contribution in [0.3, 0.4) is 0 Å². The summed E-state index contributed by atoms with van der Waals surface area (Å²) in [5.74, 6) is 0. The Labute approximate surface area is 116 Å². The van der Waals surface area contributed by atoms with Gasteiger partial charge >= 0.3 is 0 Å². The number of rotatable bonds is 3. The van der Waals surface area contributed by atoms with Gasteiger partial charge < -0.3 is 19.0 Å². The topological polar surface area (TPSA) is 47.9 Å². The summed E-state index contributed by atoms with van der Waals surface area (Å²) in [5.41, 5.74) is 0. The Hall–Kier alpha value is -0.0131. The van der Waals surface area contributed by atoms with E-state index in [0.717, 1.165) is 0 Å². The minimum absolute atomic E-state index is 0.0303. The van der Waals surface area contributed by atoms with E-state index >= 15 is 0 Å². The molecule has 0 radical (unpaired) electrons. The Kier molecular flexibility index (Phi) is 5.18. The van der Waals surface area contributed by atoms with E-state index in [9.17, 15) is 9.50 Å². The number of hydrogen-bond acceptors (Lipinski definition) is 4. The van der Waals surface area contributed by atoms with E-state index in [1.807, 2.05) is 0 Å². The SMILES string of the molecule is CO[C@@H]1[C@H](O[Si](C)(C)C(C)(C)C)[C@@H](F)[C@@H](O)O[C@@H]1C. The first-order chi connectivity index (χ1) is 8.51. The van der Waals surface area contributed by atoms with Crippen LogP contribution in [0, 0.1) is 0 Å². The van der Waals surface area contributed by atoms with Crippen molar-refractivity contribution in [2.45, 2.75) is 76.6 Å². The molecule has 0 aromatic carbocycles. The van der Waals surface area contributed by atoms with Crippen molar-refractivity contribution in [3.8, 4) is 0 Å². The summed E-state index contributed by atoms with van der Waals surface area (Å²) in [5, 5.41) is 9.58. The molecular formula is C13H27FO4Si. The van der Waals surface area contributed by atoms with Crippen LogP contribution < -0.4 is 0 Å². The second-order valence-electron chi connectivity index (χ2n) is 6.72. The molecule has 0 saturated carbocycles. The van der Waals surface area contributed by atoms with Gasteiger partial charge in [0.1, 0.15) is 12.2 Å². The molecule has 0 aromatic rings. The number of hydrogen-bond donors (Lipinski definition) is 1. The summed E-state index contributed by atoms with van der Waals surface area (Å²) in [6, 6.07) is 0. The number of alkyl halides is 1. The Balaban J connectivity index is 2.94. The second kappa shape index (κ2) is 5.77. The van der Waals surface area contributed by atoms with E-state index in [1.54, 1.807) is 6.92 Å². The van der Waals surface area contributed by atoms with Crippen LogP contribution in [-0.4, -0.2) is 51.3 Å². The molecular weight excluding hydrogens is 267 g/mol. The normalized spacial score (nSPS) is 37.4. The highest BCUT2D eigenvalue weighted by Crippen LogP contribution is 2.40. The zero-order valence-electron chi connectivity index (χ0n) is 12.9. The molecule has 0 spiro atoms. The maximum atomic E-state index is 14.2. The van der Waals surface area contributed by atoms with Crippen LogP contribution in [0.15, 0.2) is 0 Å². The Morgan fingerprint density at radius 1 is 1.21 bits per heavy atom. The van der Waals surface area contributed by atoms with Crippen LogP contribution in [0.4, 0.5) is 4.39 Å². The molecule has 1 aliphatic rings. The van der Waals surface area contributed by atoms with Crippen LogP contribution in [0.25, 0.3) is 0 Å². The molecule has 0 aromatic heterocycles. The molecule has 1 heterocycles. The zero-order valence-corrected chi connectivity index (χ0v) is 13.9. The largest absolute Gasteiger partial charge is 0.408 e. The lowest BCUT2D eigenvalue weighted by atomic mass is 10.0. The quantitative estimate of drug-likeness (QED) is 0.812. The zero-order chi connectivity index (χ0) is 15.0. The third-order valence-electron chi connectivity index (χ3n) is 4.24. The van der Waals surface area contributed by atoms with Gasteiger partial charge in [0.2, 0.25) is 0 Å². The van der Waals surface area contributed by atoms with Crippen molar-refractivity contribution >= 4 is 8.32 Å². The van der Waals surface area contributed by atoms with Gasteiger partial charge in [-0.25, -0.2) is 4.39 Å². The molecule has 5 atom stereocenters. The highest BCUT2D eigenvalue weighted by Gasteiger charge is 2.49. The summed E-state index contributed by atoms with van der Waals surface area (Å²) < 4.78 is 30.7. The molecule has 1 rings (SSSR count). The number of methoxy groups -OCH3 is 1. The Morgan fingerprint density at radius 2 is 1.74 bits per heavy atom. The van der Waals surface area contributed by atoms with Crippen molar-refractivity contribution in [2.24, 2.45) is 0 Å². The lowest BCUT2D eigenvalue weighted by Gasteiger charge is -2.46. The first-order valence-corrected chi connectivity index (χ1v) is 9.60. The summed E-state index contributed by atoms with van der Waals surface area (Å²) in [6.45, 7) is 12.1. The predicted molar refractivity (Wildman–Crippen MR) is 74.3 cm³/mol. The van der Waals surface area contributed by atoms with Gasteiger partial charge in [-0.2, -0.15) is 0 Å². The lowest BCUT2D eigenvalue weighted by molar-refractivity contribution is -0.262. The van der Waals surface area contributed by atoms with Gasteiger partial charge in [0.05, 0.1) is 6.10 Å². The first-order valence-electron chi connectivity index (χ1n) is 6.69. The van der Waals surface area contributed by atoms with Crippen molar-refractivity contribution in [3.05, 3.63) is 0 Å². The monoisotopic (exact) mass is 294 g/mol. The second-order valence-corrected chi connectivity index (χ2v) is 11.5. The molecule has 1 aliphatic heterocycles. The number of ether oxygens (including phenoxy) is 2. The van der Waals surface area contributed by atoms with Crippen molar-refractivity contribution in [1.82, 2.24) is 0 Å². The fraction of sp³-hybridized carbons (Fsp3) is 1.00. The summed E-state index contributed by atoms with van der Waals surface area (Å²) in [6.07, 6.45) is -4.73. The summed E-state index contributed by atoms with van der Waals surface area (Å²) in [7, 11) is -0.627. The predicted octanol–water partition coefficient (Wildman–Crippen LogP) is 2.47. The third kappa shape index (κ3) is 3.55. The van der Waals surface area contributed by atoms with E-state index in [2.05, 4.69) is 33.9 Å². The average molecular weight is 294 g/mol. The standard InChI is InChI=1S/C13H27FO4Si/c1-8-10(16-5)11(9(14)12(15)17-8)18-19(6,7)13(2,3)4/h8-12,15H,1-7H3/t8-,9-,10+,11-,12+/m1/s1. The average Bonchev–Trinajstić information content (AvgIpc) is 2.24. The fourth-order valence-corrected chi connectivity index (χ4v) is 3.26. The number of aliphatic hydroxyl groups is 1. The van der Waals surface area contributed by atoms with Gasteiger partial charge in [-0.1, -0.05) is 20.8 Å². The summed E-state index contributed by atoms with van der Waals surface area (Å²) in [4.78, 5) is 0. The van der Waals surface area contributed by atoms with Gasteiger partial charge in [0.25, 0.3) is 0 Å². The minimum Gasteiger partial charge on any atom is -0.408 e. The molecule has 1 N–H and O–H groups in total. The molecule has 6 heteroatoms. The van der Waals surface area contributed by atoms with E-state index in [4.69, 9.17) is 13.9 Å². The van der Waals surface area contributed by atoms with Gasteiger partial charge in [-0.3, -0.25) is 0 Å². The molecule has 4 nitrogen and oxygen atoms in total. The molecule has 0 bridgehead atoms. The first kappa shape index (κ1) is 17.0. The Bertz CT molecular complexity index is 306. The highest BCUT2D eigenvalue weighted by molar-refractivity contribution is 6.74. The van der Waals surface area contributed by atoms with Gasteiger partial charge in [0.15, 0.2) is 20.8 Å². The van der Waals surface area contributed by atoms with Gasteiger partial charge in [-0.15, -0.1) is 0 Å². The molecule has 0 aliphatic carbocycles. The maximum absolute atomic E-state index is 14.2. The third-order valence-corrected chi connectivity index (χ3v) is 8.71. The van der Waals surface area contributed by atoms with Crippen molar-refractivity contribution in [2.75, 3.05) is 7.11 Å².